The molecule has 0 aliphatic heterocycles. The predicted octanol–water partition coefficient (Wildman–Crippen LogP) is 3.21. The molecule has 1 fully saturated rings. The molecule has 2 aromatic rings. The van der Waals surface area contributed by atoms with E-state index in [1.165, 1.54) is 12.7 Å². The van der Waals surface area contributed by atoms with Crippen LogP contribution >= 0.6 is 0 Å². The Hall–Kier alpha value is -2.38. The normalized spacial score (nSPS) is 22.8. The average Bonchev–Trinajstić information content (AvgIpc) is 2.67. The second-order valence-corrected chi connectivity index (χ2v) is 8.06. The number of hydrogen-bond acceptors (Lipinski definition) is 4. The Balaban J connectivity index is 1.93. The van der Waals surface area contributed by atoms with Gasteiger partial charge in [-0.25, -0.2) is 4.72 Å². The van der Waals surface area contributed by atoms with Crippen molar-refractivity contribution in [1.82, 2.24) is 4.72 Å². The molecule has 0 spiro atoms. The molecule has 1 amide bonds. The SMILES string of the molecule is COc1cccc(C2(C(=O)NS(=O)(=O)O)CCC(c3ccccc3)CC2)c1. The molecule has 2 N–H and O–H groups in total. The zero-order valence-corrected chi connectivity index (χ0v) is 15.9. The molecule has 0 aromatic heterocycles. The summed E-state index contributed by atoms with van der Waals surface area (Å²) in [5, 5.41) is 0. The van der Waals surface area contributed by atoms with Crippen LogP contribution < -0.4 is 9.46 Å². The maximum Gasteiger partial charge on any atom is 0.359 e. The monoisotopic (exact) mass is 389 g/mol. The minimum Gasteiger partial charge on any atom is -0.497 e. The molecule has 0 atom stereocenters. The van der Waals surface area contributed by atoms with Gasteiger partial charge in [0.15, 0.2) is 0 Å². The van der Waals surface area contributed by atoms with Crippen LogP contribution in [0.5, 0.6) is 5.75 Å². The largest absolute Gasteiger partial charge is 0.497 e. The van der Waals surface area contributed by atoms with Crippen molar-refractivity contribution in [3.05, 3.63) is 65.7 Å². The second-order valence-electron chi connectivity index (χ2n) is 6.91. The summed E-state index contributed by atoms with van der Waals surface area (Å²) in [5.41, 5.74) is 0.872. The lowest BCUT2D eigenvalue weighted by molar-refractivity contribution is -0.126. The molecule has 2 aromatic carbocycles. The molecular formula is C20H23NO5S. The molecule has 0 saturated heterocycles. The topological polar surface area (TPSA) is 92.7 Å². The van der Waals surface area contributed by atoms with Crippen molar-refractivity contribution in [2.45, 2.75) is 37.0 Å². The quantitative estimate of drug-likeness (QED) is 0.766. The molecule has 0 heterocycles. The van der Waals surface area contributed by atoms with E-state index in [-0.39, 0.29) is 0 Å². The van der Waals surface area contributed by atoms with E-state index in [9.17, 15) is 13.2 Å². The number of benzene rings is 2. The molecule has 1 aliphatic carbocycles. The Labute approximate surface area is 159 Å². The maximum absolute atomic E-state index is 12.9. The molecule has 7 heteroatoms. The van der Waals surface area contributed by atoms with Crippen LogP contribution in [0, 0.1) is 0 Å². The van der Waals surface area contributed by atoms with E-state index >= 15 is 0 Å². The Morgan fingerprint density at radius 2 is 1.78 bits per heavy atom. The van der Waals surface area contributed by atoms with Crippen LogP contribution in [0.1, 0.15) is 42.7 Å². The second kappa shape index (κ2) is 7.70. The van der Waals surface area contributed by atoms with Crippen molar-refractivity contribution >= 4 is 16.2 Å². The molecule has 1 aliphatic rings. The van der Waals surface area contributed by atoms with E-state index < -0.39 is 21.6 Å². The fourth-order valence-electron chi connectivity index (χ4n) is 3.95. The first-order valence-electron chi connectivity index (χ1n) is 8.83. The minimum atomic E-state index is -4.63. The van der Waals surface area contributed by atoms with E-state index in [1.54, 1.807) is 29.0 Å². The van der Waals surface area contributed by atoms with Gasteiger partial charge in [-0.1, -0.05) is 42.5 Å². The van der Waals surface area contributed by atoms with Crippen LogP contribution in [0.15, 0.2) is 54.6 Å². The summed E-state index contributed by atoms with van der Waals surface area (Å²) in [5.74, 6) is 0.199. The van der Waals surface area contributed by atoms with Crippen molar-refractivity contribution in [1.29, 1.82) is 0 Å². The van der Waals surface area contributed by atoms with Crippen LogP contribution in [0.2, 0.25) is 0 Å². The van der Waals surface area contributed by atoms with Crippen LogP contribution in [-0.4, -0.2) is 26.0 Å². The molecule has 1 saturated carbocycles. The number of nitrogens with one attached hydrogen (secondary N) is 1. The highest BCUT2D eigenvalue weighted by atomic mass is 32.2. The summed E-state index contributed by atoms with van der Waals surface area (Å²) in [6.07, 6.45) is 2.42. The van der Waals surface area contributed by atoms with E-state index in [0.29, 0.717) is 30.1 Å². The molecule has 6 nitrogen and oxygen atoms in total. The number of ether oxygens (including phenoxy) is 1. The highest BCUT2D eigenvalue weighted by Crippen LogP contribution is 2.45. The zero-order valence-electron chi connectivity index (χ0n) is 15.1. The van der Waals surface area contributed by atoms with Gasteiger partial charge in [-0.2, -0.15) is 8.42 Å². The fraction of sp³-hybridized carbons (Fsp3) is 0.350. The van der Waals surface area contributed by atoms with Crippen molar-refractivity contribution in [3.63, 3.8) is 0 Å². The molecule has 0 radical (unpaired) electrons. The lowest BCUT2D eigenvalue weighted by atomic mass is 9.65. The maximum atomic E-state index is 12.9. The number of methoxy groups -OCH3 is 1. The van der Waals surface area contributed by atoms with Gasteiger partial charge in [0.25, 0.3) is 0 Å². The van der Waals surface area contributed by atoms with Crippen LogP contribution in [-0.2, 0) is 20.5 Å². The highest BCUT2D eigenvalue weighted by molar-refractivity contribution is 7.84. The summed E-state index contributed by atoms with van der Waals surface area (Å²) in [7, 11) is -3.09. The van der Waals surface area contributed by atoms with Gasteiger partial charge < -0.3 is 4.74 Å². The molecule has 0 bridgehead atoms. The summed E-state index contributed by atoms with van der Waals surface area (Å²) in [6, 6.07) is 17.2. The Bertz CT molecular complexity index is 903. The lowest BCUT2D eigenvalue weighted by Crippen LogP contribution is -2.48. The summed E-state index contributed by atoms with van der Waals surface area (Å²) in [6.45, 7) is 0. The number of carbonyl (C=O) groups excluding carboxylic acids is 1. The van der Waals surface area contributed by atoms with Crippen molar-refractivity contribution in [3.8, 4) is 5.75 Å². The third-order valence-corrected chi connectivity index (χ3v) is 5.83. The van der Waals surface area contributed by atoms with Crippen LogP contribution in [0.4, 0.5) is 0 Å². The number of rotatable bonds is 5. The molecular weight excluding hydrogens is 366 g/mol. The Morgan fingerprint density at radius 1 is 1.11 bits per heavy atom. The standard InChI is InChI=1S/C20H23NO5S/c1-26-18-9-5-8-17(14-18)20(19(22)21-27(23,24)25)12-10-16(11-13-20)15-6-3-2-4-7-15/h2-9,14,16H,10-13H2,1H3,(H,21,22)(H,23,24,25). The van der Waals surface area contributed by atoms with Gasteiger partial charge in [0.2, 0.25) is 5.91 Å². The van der Waals surface area contributed by atoms with Crippen LogP contribution in [0.25, 0.3) is 0 Å². The molecule has 27 heavy (non-hydrogen) atoms. The minimum absolute atomic E-state index is 0.309. The van der Waals surface area contributed by atoms with Gasteiger partial charge in [-0.05, 0) is 54.9 Å². The van der Waals surface area contributed by atoms with Crippen molar-refractivity contribution < 1.29 is 22.5 Å². The van der Waals surface area contributed by atoms with Gasteiger partial charge in [-0.3, -0.25) is 9.35 Å². The third kappa shape index (κ3) is 4.31. The molecule has 144 valence electrons. The third-order valence-electron chi connectivity index (χ3n) is 5.39. The van der Waals surface area contributed by atoms with Gasteiger partial charge >= 0.3 is 10.3 Å². The van der Waals surface area contributed by atoms with E-state index in [4.69, 9.17) is 9.29 Å². The molecule has 3 rings (SSSR count). The van der Waals surface area contributed by atoms with Gasteiger partial charge in [-0.15, -0.1) is 0 Å². The summed E-state index contributed by atoms with van der Waals surface area (Å²) < 4.78 is 38.7. The first-order chi connectivity index (χ1) is 12.8. The van der Waals surface area contributed by atoms with E-state index in [2.05, 4.69) is 12.1 Å². The van der Waals surface area contributed by atoms with Gasteiger partial charge in [0.1, 0.15) is 5.75 Å². The van der Waals surface area contributed by atoms with Crippen LogP contribution in [0.3, 0.4) is 0 Å². The molecule has 0 unspecified atom stereocenters. The highest BCUT2D eigenvalue weighted by Gasteiger charge is 2.44. The van der Waals surface area contributed by atoms with Crippen molar-refractivity contribution in [2.75, 3.05) is 7.11 Å². The summed E-state index contributed by atoms with van der Waals surface area (Å²) in [4.78, 5) is 12.9. The predicted molar refractivity (Wildman–Crippen MR) is 102 cm³/mol. The first kappa shape index (κ1) is 19.4. The Kier molecular flexibility index (Phi) is 5.53. The van der Waals surface area contributed by atoms with Gasteiger partial charge in [0.05, 0.1) is 12.5 Å². The average molecular weight is 389 g/mol. The number of hydrogen-bond donors (Lipinski definition) is 2. The lowest BCUT2D eigenvalue weighted by Gasteiger charge is -2.39. The fourth-order valence-corrected chi connectivity index (χ4v) is 4.38. The van der Waals surface area contributed by atoms with E-state index in [1.807, 2.05) is 18.2 Å². The van der Waals surface area contributed by atoms with E-state index in [0.717, 1.165) is 12.8 Å². The number of amides is 1. The Morgan fingerprint density at radius 3 is 2.37 bits per heavy atom. The van der Waals surface area contributed by atoms with Crippen molar-refractivity contribution in [2.24, 2.45) is 0 Å². The zero-order chi connectivity index (χ0) is 19.5. The smallest absolute Gasteiger partial charge is 0.359 e. The first-order valence-corrected chi connectivity index (χ1v) is 10.3. The number of carbonyl (C=O) groups is 1. The van der Waals surface area contributed by atoms with Gasteiger partial charge in [0, 0.05) is 0 Å². The summed E-state index contributed by atoms with van der Waals surface area (Å²) >= 11 is 0.